The van der Waals surface area contributed by atoms with Gasteiger partial charge in [0.05, 0.1) is 5.69 Å². The van der Waals surface area contributed by atoms with E-state index < -0.39 is 5.82 Å². The summed E-state index contributed by atoms with van der Waals surface area (Å²) in [5.41, 5.74) is 1.15. The van der Waals surface area contributed by atoms with Crippen LogP contribution in [0, 0.1) is 12.7 Å². The highest BCUT2D eigenvalue weighted by Crippen LogP contribution is 2.24. The van der Waals surface area contributed by atoms with Crippen LogP contribution in [0.2, 0.25) is 10.4 Å². The Balaban J connectivity index is 2.37. The molecule has 0 aliphatic heterocycles. The van der Waals surface area contributed by atoms with E-state index in [1.165, 1.54) is 6.07 Å². The molecule has 0 aliphatic carbocycles. The van der Waals surface area contributed by atoms with E-state index in [0.29, 0.717) is 0 Å². The number of halogens is 3. The minimum atomic E-state index is -0.415. The maximum atomic E-state index is 13.5. The highest BCUT2D eigenvalue weighted by molar-refractivity contribution is 6.32. The average Bonchev–Trinajstić information content (AvgIpc) is 2.28. The summed E-state index contributed by atoms with van der Waals surface area (Å²) in [6.45, 7) is 1.84. The molecule has 0 aliphatic rings. The first-order valence-electron chi connectivity index (χ1n) is 4.65. The van der Waals surface area contributed by atoms with E-state index in [9.17, 15) is 4.39 Å². The molecule has 0 radical (unpaired) electrons. The van der Waals surface area contributed by atoms with Crippen molar-refractivity contribution in [2.24, 2.45) is 0 Å². The van der Waals surface area contributed by atoms with E-state index in [2.05, 4.69) is 20.5 Å². The number of nitrogens with zero attached hydrogens (tertiary/aromatic N) is 3. The van der Waals surface area contributed by atoms with E-state index in [1.54, 1.807) is 12.1 Å². The molecule has 0 amide bonds. The van der Waals surface area contributed by atoms with Gasteiger partial charge in [-0.1, -0.05) is 17.7 Å². The Kier molecular flexibility index (Phi) is 3.40. The van der Waals surface area contributed by atoms with Gasteiger partial charge in [-0.2, -0.15) is 4.98 Å². The second kappa shape index (κ2) is 4.81. The number of aryl methyl sites for hydroxylation is 1. The summed E-state index contributed by atoms with van der Waals surface area (Å²) in [5.74, 6) is -0.252. The Morgan fingerprint density at radius 1 is 1.24 bits per heavy atom. The van der Waals surface area contributed by atoms with Crippen molar-refractivity contribution in [2.45, 2.75) is 6.92 Å². The first kappa shape index (κ1) is 12.0. The van der Waals surface area contributed by atoms with Gasteiger partial charge in [0.1, 0.15) is 5.82 Å². The second-order valence-corrected chi connectivity index (χ2v) is 4.02. The lowest BCUT2D eigenvalue weighted by molar-refractivity contribution is 0.631. The molecule has 0 saturated carbocycles. The predicted molar refractivity (Wildman–Crippen MR) is 64.3 cm³/mol. The summed E-state index contributed by atoms with van der Waals surface area (Å²) in [7, 11) is 0. The predicted octanol–water partition coefficient (Wildman–Crippen LogP) is 3.37. The Morgan fingerprint density at radius 2 is 2.00 bits per heavy atom. The molecule has 88 valence electrons. The Labute approximate surface area is 107 Å². The lowest BCUT2D eigenvalue weighted by Gasteiger charge is -2.08. The van der Waals surface area contributed by atoms with E-state index in [1.807, 2.05) is 6.92 Å². The molecule has 0 atom stereocenters. The van der Waals surface area contributed by atoms with Gasteiger partial charge in [0, 0.05) is 0 Å². The van der Waals surface area contributed by atoms with Crippen molar-refractivity contribution in [3.05, 3.63) is 40.0 Å². The topological polar surface area (TPSA) is 50.7 Å². The molecule has 1 N–H and O–H groups in total. The summed E-state index contributed by atoms with van der Waals surface area (Å²) in [6.07, 6.45) is 0. The molecule has 0 saturated heterocycles. The molecule has 17 heavy (non-hydrogen) atoms. The van der Waals surface area contributed by atoms with Gasteiger partial charge in [0.15, 0.2) is 11.0 Å². The van der Waals surface area contributed by atoms with Gasteiger partial charge in [-0.15, -0.1) is 10.2 Å². The summed E-state index contributed by atoms with van der Waals surface area (Å²) in [5, 5.41) is 9.70. The van der Waals surface area contributed by atoms with Crippen LogP contribution in [-0.2, 0) is 0 Å². The normalized spacial score (nSPS) is 10.4. The standard InChI is InChI=1S/C10H7Cl2FN4/c1-5-2-3-6(13)7(4-5)14-9-8(11)16-17-10(12)15-9/h2-4H,1H3,(H,14,15,17). The van der Waals surface area contributed by atoms with Crippen LogP contribution < -0.4 is 5.32 Å². The monoisotopic (exact) mass is 272 g/mol. The number of hydrogen-bond donors (Lipinski definition) is 1. The smallest absolute Gasteiger partial charge is 0.245 e. The fraction of sp³-hybridized carbons (Fsp3) is 0.100. The van der Waals surface area contributed by atoms with Crippen molar-refractivity contribution >= 4 is 34.7 Å². The number of hydrogen-bond acceptors (Lipinski definition) is 4. The van der Waals surface area contributed by atoms with Crippen LogP contribution >= 0.6 is 23.2 Å². The molecule has 4 nitrogen and oxygen atoms in total. The molecule has 7 heteroatoms. The first-order valence-corrected chi connectivity index (χ1v) is 5.41. The van der Waals surface area contributed by atoms with E-state index in [-0.39, 0.29) is 21.9 Å². The Morgan fingerprint density at radius 3 is 2.76 bits per heavy atom. The maximum Gasteiger partial charge on any atom is 0.245 e. The van der Waals surface area contributed by atoms with Crippen LogP contribution in [0.15, 0.2) is 18.2 Å². The van der Waals surface area contributed by atoms with Gasteiger partial charge in [-0.25, -0.2) is 4.39 Å². The zero-order valence-corrected chi connectivity index (χ0v) is 10.2. The zero-order valence-electron chi connectivity index (χ0n) is 8.71. The molecule has 0 fully saturated rings. The summed E-state index contributed by atoms with van der Waals surface area (Å²) < 4.78 is 13.5. The van der Waals surface area contributed by atoms with Crippen LogP contribution in [0.4, 0.5) is 15.9 Å². The summed E-state index contributed by atoms with van der Waals surface area (Å²) in [6, 6.07) is 4.64. The molecule has 1 aromatic heterocycles. The van der Waals surface area contributed by atoms with Gasteiger partial charge in [0.2, 0.25) is 5.28 Å². The van der Waals surface area contributed by atoms with E-state index in [4.69, 9.17) is 23.2 Å². The summed E-state index contributed by atoms with van der Waals surface area (Å²) in [4.78, 5) is 3.82. The molecule has 0 bridgehead atoms. The molecular formula is C10H7Cl2FN4. The van der Waals surface area contributed by atoms with Crippen molar-refractivity contribution in [3.63, 3.8) is 0 Å². The average molecular weight is 273 g/mol. The van der Waals surface area contributed by atoms with E-state index in [0.717, 1.165) is 5.56 Å². The van der Waals surface area contributed by atoms with E-state index >= 15 is 0 Å². The fourth-order valence-corrected chi connectivity index (χ4v) is 1.48. The molecule has 1 heterocycles. The van der Waals surface area contributed by atoms with Crippen LogP contribution in [0.5, 0.6) is 0 Å². The van der Waals surface area contributed by atoms with Crippen LogP contribution in [0.3, 0.4) is 0 Å². The molecule has 0 unspecified atom stereocenters. The largest absolute Gasteiger partial charge is 0.335 e. The number of anilines is 2. The quantitative estimate of drug-likeness (QED) is 0.911. The molecule has 2 aromatic rings. The second-order valence-electron chi connectivity index (χ2n) is 3.33. The third kappa shape index (κ3) is 2.81. The van der Waals surface area contributed by atoms with Gasteiger partial charge in [0.25, 0.3) is 0 Å². The molecular weight excluding hydrogens is 266 g/mol. The Hall–Kier alpha value is -1.46. The minimum absolute atomic E-state index is 0.0234. The van der Waals surface area contributed by atoms with Crippen molar-refractivity contribution < 1.29 is 4.39 Å². The number of benzene rings is 1. The first-order chi connectivity index (χ1) is 8.06. The number of rotatable bonds is 2. The van der Waals surface area contributed by atoms with Gasteiger partial charge < -0.3 is 5.32 Å². The van der Waals surface area contributed by atoms with Gasteiger partial charge in [-0.3, -0.25) is 0 Å². The lowest BCUT2D eigenvalue weighted by atomic mass is 10.2. The van der Waals surface area contributed by atoms with Gasteiger partial charge in [-0.05, 0) is 36.2 Å². The minimum Gasteiger partial charge on any atom is -0.335 e. The SMILES string of the molecule is Cc1ccc(F)c(Nc2nc(Cl)nnc2Cl)c1. The zero-order chi connectivity index (χ0) is 12.4. The highest BCUT2D eigenvalue weighted by atomic mass is 35.5. The molecule has 0 spiro atoms. The maximum absolute atomic E-state index is 13.5. The third-order valence-electron chi connectivity index (χ3n) is 1.99. The van der Waals surface area contributed by atoms with Crippen molar-refractivity contribution in [1.82, 2.24) is 15.2 Å². The summed E-state index contributed by atoms with van der Waals surface area (Å²) >= 11 is 11.3. The van der Waals surface area contributed by atoms with Crippen LogP contribution in [0.25, 0.3) is 0 Å². The number of aromatic nitrogens is 3. The molecule has 2 rings (SSSR count). The molecule has 1 aromatic carbocycles. The van der Waals surface area contributed by atoms with Crippen molar-refractivity contribution in [1.29, 1.82) is 0 Å². The van der Waals surface area contributed by atoms with Gasteiger partial charge >= 0.3 is 0 Å². The third-order valence-corrected chi connectivity index (χ3v) is 2.41. The van der Waals surface area contributed by atoms with Crippen molar-refractivity contribution in [3.8, 4) is 0 Å². The van der Waals surface area contributed by atoms with Crippen LogP contribution in [0.1, 0.15) is 5.56 Å². The van der Waals surface area contributed by atoms with Crippen molar-refractivity contribution in [2.75, 3.05) is 5.32 Å². The fourth-order valence-electron chi connectivity index (χ4n) is 1.24. The Bertz CT molecular complexity index is 512. The van der Waals surface area contributed by atoms with Crippen LogP contribution in [-0.4, -0.2) is 15.2 Å². The highest BCUT2D eigenvalue weighted by Gasteiger charge is 2.09. The number of nitrogens with one attached hydrogen (secondary N) is 1. The lowest BCUT2D eigenvalue weighted by Crippen LogP contribution is -2.00.